The van der Waals surface area contributed by atoms with E-state index in [1.165, 1.54) is 4.88 Å². The van der Waals surface area contributed by atoms with Gasteiger partial charge in [-0.15, -0.1) is 11.3 Å². The van der Waals surface area contributed by atoms with E-state index in [0.29, 0.717) is 6.61 Å². The molecule has 4 rings (SSSR count). The fourth-order valence-corrected chi connectivity index (χ4v) is 3.79. The quantitative estimate of drug-likeness (QED) is 0.842. The molecule has 0 radical (unpaired) electrons. The Morgan fingerprint density at radius 1 is 1.46 bits per heavy atom. The van der Waals surface area contributed by atoms with Crippen molar-refractivity contribution in [2.75, 3.05) is 6.61 Å². The Morgan fingerprint density at radius 3 is 2.96 bits per heavy atom. The van der Waals surface area contributed by atoms with Gasteiger partial charge in [0.25, 0.3) is 0 Å². The van der Waals surface area contributed by atoms with Crippen LogP contribution in [0.25, 0.3) is 0 Å². The van der Waals surface area contributed by atoms with E-state index in [1.807, 2.05) is 24.2 Å². The predicted octanol–water partition coefficient (Wildman–Crippen LogP) is 3.34. The summed E-state index contributed by atoms with van der Waals surface area (Å²) in [6.45, 7) is 4.28. The van der Waals surface area contributed by atoms with Gasteiger partial charge in [-0.05, 0) is 38.8 Å². The smallest absolute Gasteiger partial charge is 0.415 e. The SMILES string of the molecule is CCOC(=O)N(C1=CC(c2ccc(C)s2)=NC2CC=NN12)C1CC1. The molecule has 1 amide bonds. The van der Waals surface area contributed by atoms with Crippen LogP contribution < -0.4 is 0 Å². The number of carbonyl (C=O) groups is 1. The number of fused-ring (bicyclic) bond motifs is 1. The summed E-state index contributed by atoms with van der Waals surface area (Å²) in [6, 6.07) is 4.39. The van der Waals surface area contributed by atoms with Crippen LogP contribution in [-0.2, 0) is 4.74 Å². The number of nitrogens with zero attached hydrogens (tertiary/aromatic N) is 4. The van der Waals surface area contributed by atoms with E-state index >= 15 is 0 Å². The van der Waals surface area contributed by atoms with Crippen LogP contribution in [0, 0.1) is 6.92 Å². The molecular formula is C17H20N4O2S. The van der Waals surface area contributed by atoms with Crippen LogP contribution >= 0.6 is 11.3 Å². The first-order valence-electron chi connectivity index (χ1n) is 8.31. The first-order valence-corrected chi connectivity index (χ1v) is 9.13. The van der Waals surface area contributed by atoms with E-state index in [0.717, 1.165) is 35.7 Å². The molecule has 0 bridgehead atoms. The molecule has 1 unspecified atom stereocenters. The highest BCUT2D eigenvalue weighted by Crippen LogP contribution is 2.36. The first kappa shape index (κ1) is 15.4. The Kier molecular flexibility index (Phi) is 3.88. The number of carbonyl (C=O) groups excluding carboxylic acids is 1. The van der Waals surface area contributed by atoms with E-state index in [4.69, 9.17) is 9.73 Å². The lowest BCUT2D eigenvalue weighted by molar-refractivity contribution is 0.0967. The average Bonchev–Trinajstić information content (AvgIpc) is 3.09. The normalized spacial score (nSPS) is 22.1. The molecule has 3 heterocycles. The molecule has 126 valence electrons. The molecule has 7 heteroatoms. The van der Waals surface area contributed by atoms with Gasteiger partial charge in [0.15, 0.2) is 0 Å². The summed E-state index contributed by atoms with van der Waals surface area (Å²) in [6.07, 6.45) is 6.23. The minimum absolute atomic E-state index is 0.0712. The lowest BCUT2D eigenvalue weighted by atomic mass is 10.2. The zero-order valence-electron chi connectivity index (χ0n) is 13.8. The maximum atomic E-state index is 12.5. The molecule has 1 aromatic heterocycles. The van der Waals surface area contributed by atoms with Gasteiger partial charge in [-0.25, -0.2) is 9.80 Å². The summed E-state index contributed by atoms with van der Waals surface area (Å²) in [5.74, 6) is 0.783. The van der Waals surface area contributed by atoms with Crippen molar-refractivity contribution in [1.29, 1.82) is 0 Å². The summed E-state index contributed by atoms with van der Waals surface area (Å²) in [4.78, 5) is 21.5. The zero-order valence-corrected chi connectivity index (χ0v) is 14.6. The molecule has 1 atom stereocenters. The second-order valence-electron chi connectivity index (χ2n) is 6.09. The monoisotopic (exact) mass is 344 g/mol. The number of hydrogen-bond acceptors (Lipinski definition) is 6. The highest BCUT2D eigenvalue weighted by Gasteiger charge is 2.41. The molecular weight excluding hydrogens is 324 g/mol. The van der Waals surface area contributed by atoms with E-state index in [-0.39, 0.29) is 18.3 Å². The Hall–Kier alpha value is -2.15. The Bertz CT molecular complexity index is 748. The third-order valence-electron chi connectivity index (χ3n) is 4.21. The molecule has 0 aromatic carbocycles. The molecule has 1 saturated carbocycles. The molecule has 2 aliphatic heterocycles. The van der Waals surface area contributed by atoms with Crippen LogP contribution in [0.15, 0.2) is 34.1 Å². The van der Waals surface area contributed by atoms with Crippen molar-refractivity contribution in [3.8, 4) is 0 Å². The topological polar surface area (TPSA) is 57.5 Å². The van der Waals surface area contributed by atoms with Crippen molar-refractivity contribution in [2.45, 2.75) is 45.3 Å². The van der Waals surface area contributed by atoms with Gasteiger partial charge in [-0.3, -0.25) is 9.89 Å². The van der Waals surface area contributed by atoms with Gasteiger partial charge in [-0.2, -0.15) is 5.10 Å². The average molecular weight is 344 g/mol. The zero-order chi connectivity index (χ0) is 16.7. The number of ether oxygens (including phenoxy) is 1. The number of aryl methyl sites for hydroxylation is 1. The number of amides is 1. The molecule has 24 heavy (non-hydrogen) atoms. The maximum Gasteiger partial charge on any atom is 0.415 e. The lowest BCUT2D eigenvalue weighted by Crippen LogP contribution is -2.43. The van der Waals surface area contributed by atoms with Gasteiger partial charge in [0, 0.05) is 29.6 Å². The van der Waals surface area contributed by atoms with Crippen molar-refractivity contribution in [1.82, 2.24) is 9.91 Å². The molecule has 0 saturated heterocycles. The lowest BCUT2D eigenvalue weighted by Gasteiger charge is -2.34. The third kappa shape index (κ3) is 2.73. The molecule has 3 aliphatic rings. The fraction of sp³-hybridized carbons (Fsp3) is 0.471. The minimum atomic E-state index is -0.296. The standard InChI is InChI=1S/C17H20N4O2S/c1-3-23-17(22)20(12-5-6-12)16-10-13(14-7-4-11(2)24-14)19-15-8-9-18-21(15)16/h4,7,9-10,12,15H,3,5-6,8H2,1-2H3. The van der Waals surface area contributed by atoms with Gasteiger partial charge in [0.2, 0.25) is 0 Å². The number of aliphatic imine (C=N–C) groups is 1. The minimum Gasteiger partial charge on any atom is -0.449 e. The Balaban J connectivity index is 1.72. The van der Waals surface area contributed by atoms with Crippen LogP contribution in [0.5, 0.6) is 0 Å². The number of rotatable bonds is 4. The first-order chi connectivity index (χ1) is 11.7. The second-order valence-corrected chi connectivity index (χ2v) is 7.37. The summed E-state index contributed by atoms with van der Waals surface area (Å²) in [5.41, 5.74) is 0.921. The number of thiophene rings is 1. The molecule has 1 aliphatic carbocycles. The highest BCUT2D eigenvalue weighted by molar-refractivity contribution is 7.14. The van der Waals surface area contributed by atoms with Crippen molar-refractivity contribution < 1.29 is 9.53 Å². The van der Waals surface area contributed by atoms with Crippen molar-refractivity contribution >= 4 is 29.4 Å². The van der Waals surface area contributed by atoms with E-state index < -0.39 is 0 Å². The van der Waals surface area contributed by atoms with Gasteiger partial charge in [0.05, 0.1) is 17.2 Å². The van der Waals surface area contributed by atoms with Crippen LogP contribution in [0.1, 0.15) is 35.9 Å². The van der Waals surface area contributed by atoms with E-state index in [2.05, 4.69) is 24.2 Å². The van der Waals surface area contributed by atoms with Crippen LogP contribution in [0.2, 0.25) is 0 Å². The summed E-state index contributed by atoms with van der Waals surface area (Å²) < 4.78 is 5.28. The number of allylic oxidation sites excluding steroid dienone is 1. The van der Waals surface area contributed by atoms with Gasteiger partial charge < -0.3 is 4.74 Å². The summed E-state index contributed by atoms with van der Waals surface area (Å²) in [5, 5.41) is 6.28. The van der Waals surface area contributed by atoms with E-state index in [1.54, 1.807) is 16.2 Å². The molecule has 1 fully saturated rings. The van der Waals surface area contributed by atoms with Gasteiger partial charge in [0.1, 0.15) is 12.0 Å². The number of hydrazone groups is 1. The largest absolute Gasteiger partial charge is 0.449 e. The molecule has 0 N–H and O–H groups in total. The molecule has 6 nitrogen and oxygen atoms in total. The Morgan fingerprint density at radius 2 is 2.29 bits per heavy atom. The van der Waals surface area contributed by atoms with Crippen LogP contribution in [0.3, 0.4) is 0 Å². The fourth-order valence-electron chi connectivity index (χ4n) is 2.95. The van der Waals surface area contributed by atoms with Crippen molar-refractivity contribution in [3.63, 3.8) is 0 Å². The number of hydrogen-bond donors (Lipinski definition) is 0. The Labute approximate surface area is 145 Å². The third-order valence-corrected chi connectivity index (χ3v) is 5.23. The second kappa shape index (κ2) is 6.05. The molecule has 1 aromatic rings. The maximum absolute atomic E-state index is 12.5. The van der Waals surface area contributed by atoms with Gasteiger partial charge >= 0.3 is 6.09 Å². The predicted molar refractivity (Wildman–Crippen MR) is 94.3 cm³/mol. The summed E-state index contributed by atoms with van der Waals surface area (Å²) >= 11 is 1.72. The highest BCUT2D eigenvalue weighted by atomic mass is 32.1. The van der Waals surface area contributed by atoms with Crippen molar-refractivity contribution in [3.05, 3.63) is 33.8 Å². The summed E-state index contributed by atoms with van der Waals surface area (Å²) in [7, 11) is 0. The van der Waals surface area contributed by atoms with Crippen molar-refractivity contribution in [2.24, 2.45) is 10.1 Å². The molecule has 0 spiro atoms. The van der Waals surface area contributed by atoms with Gasteiger partial charge in [-0.1, -0.05) is 0 Å². The van der Waals surface area contributed by atoms with E-state index in [9.17, 15) is 4.79 Å². The van der Waals surface area contributed by atoms with Crippen LogP contribution in [0.4, 0.5) is 4.79 Å². The van der Waals surface area contributed by atoms with Crippen LogP contribution in [-0.4, -0.2) is 46.7 Å².